The van der Waals surface area contributed by atoms with E-state index in [0.717, 1.165) is 31.9 Å². The molecule has 0 bridgehead atoms. The van der Waals surface area contributed by atoms with Gasteiger partial charge in [-0.3, -0.25) is 4.98 Å². The van der Waals surface area contributed by atoms with Crippen LogP contribution in [0.5, 0.6) is 0 Å². The minimum absolute atomic E-state index is 0.701. The molecule has 0 saturated carbocycles. The Hall–Kier alpha value is -0.930. The Balaban J connectivity index is 2.39. The molecule has 0 radical (unpaired) electrons. The second kappa shape index (κ2) is 8.22. The molecule has 3 heteroatoms. The van der Waals surface area contributed by atoms with E-state index in [-0.39, 0.29) is 0 Å². The highest BCUT2D eigenvalue weighted by atomic mass is 15.1. The van der Waals surface area contributed by atoms with E-state index in [2.05, 4.69) is 55.2 Å². The minimum atomic E-state index is 0.701. The summed E-state index contributed by atoms with van der Waals surface area (Å²) in [6, 6.07) is 4.31. The van der Waals surface area contributed by atoms with Crippen LogP contribution in [0.4, 0.5) is 0 Å². The van der Waals surface area contributed by atoms with Crippen LogP contribution in [0.25, 0.3) is 0 Å². The zero-order chi connectivity index (χ0) is 13.4. The van der Waals surface area contributed by atoms with E-state index in [0.29, 0.717) is 5.92 Å². The second-order valence-corrected chi connectivity index (χ2v) is 5.43. The summed E-state index contributed by atoms with van der Waals surface area (Å²) >= 11 is 0. The van der Waals surface area contributed by atoms with Crippen LogP contribution >= 0.6 is 0 Å². The van der Waals surface area contributed by atoms with E-state index in [4.69, 9.17) is 0 Å². The predicted molar refractivity (Wildman–Crippen MR) is 77.4 cm³/mol. The molecule has 0 aliphatic rings. The third kappa shape index (κ3) is 6.12. The third-order valence-electron chi connectivity index (χ3n) is 2.75. The van der Waals surface area contributed by atoms with E-state index < -0.39 is 0 Å². The molecule has 1 rings (SSSR count). The predicted octanol–water partition coefficient (Wildman–Crippen LogP) is 2.67. The second-order valence-electron chi connectivity index (χ2n) is 5.43. The van der Waals surface area contributed by atoms with Gasteiger partial charge < -0.3 is 10.2 Å². The van der Waals surface area contributed by atoms with Gasteiger partial charge in [0.25, 0.3) is 0 Å². The smallest absolute Gasteiger partial charge is 0.0544 e. The zero-order valence-corrected chi connectivity index (χ0v) is 12.2. The number of hydrogen-bond donors (Lipinski definition) is 1. The summed E-state index contributed by atoms with van der Waals surface area (Å²) in [6.45, 7) is 10.7. The number of rotatable bonds is 8. The van der Waals surface area contributed by atoms with Gasteiger partial charge >= 0.3 is 0 Å². The topological polar surface area (TPSA) is 28.2 Å². The molecule has 1 heterocycles. The first kappa shape index (κ1) is 15.1. The van der Waals surface area contributed by atoms with Gasteiger partial charge in [0.15, 0.2) is 0 Å². The van der Waals surface area contributed by atoms with Crippen LogP contribution in [0, 0.1) is 5.92 Å². The molecule has 0 atom stereocenters. The van der Waals surface area contributed by atoms with Crippen molar-refractivity contribution in [1.82, 2.24) is 15.2 Å². The molecule has 0 unspecified atom stereocenters. The summed E-state index contributed by atoms with van der Waals surface area (Å²) in [5.74, 6) is 0.701. The van der Waals surface area contributed by atoms with Crippen molar-refractivity contribution in [2.75, 3.05) is 20.1 Å². The summed E-state index contributed by atoms with van der Waals surface area (Å²) in [4.78, 5) is 6.84. The summed E-state index contributed by atoms with van der Waals surface area (Å²) in [5.41, 5.74) is 2.41. The first-order valence-corrected chi connectivity index (χ1v) is 6.95. The van der Waals surface area contributed by atoms with Gasteiger partial charge in [-0.2, -0.15) is 0 Å². The molecular formula is C15H27N3. The Kier molecular flexibility index (Phi) is 6.91. The fourth-order valence-corrected chi connectivity index (χ4v) is 2.03. The summed E-state index contributed by atoms with van der Waals surface area (Å²) in [5, 5.41) is 3.39. The SMILES string of the molecule is CCCNCc1ccc(CN(C)CC(C)C)nc1. The van der Waals surface area contributed by atoms with Gasteiger partial charge in [0.05, 0.1) is 5.69 Å². The lowest BCUT2D eigenvalue weighted by Crippen LogP contribution is -2.23. The number of nitrogens with zero attached hydrogens (tertiary/aromatic N) is 2. The van der Waals surface area contributed by atoms with Crippen molar-refractivity contribution < 1.29 is 0 Å². The first-order chi connectivity index (χ1) is 8.61. The fourth-order valence-electron chi connectivity index (χ4n) is 2.03. The van der Waals surface area contributed by atoms with Gasteiger partial charge in [-0.25, -0.2) is 0 Å². The molecule has 1 aromatic rings. The maximum Gasteiger partial charge on any atom is 0.0544 e. The average molecular weight is 249 g/mol. The molecule has 1 N–H and O–H groups in total. The maximum absolute atomic E-state index is 4.52. The molecular weight excluding hydrogens is 222 g/mol. The number of pyridine rings is 1. The van der Waals surface area contributed by atoms with Crippen molar-refractivity contribution in [2.24, 2.45) is 5.92 Å². The van der Waals surface area contributed by atoms with Crippen LogP contribution in [0.3, 0.4) is 0 Å². The van der Waals surface area contributed by atoms with E-state index in [1.54, 1.807) is 0 Å². The van der Waals surface area contributed by atoms with E-state index in [1.807, 2.05) is 6.20 Å². The normalized spacial score (nSPS) is 11.4. The highest BCUT2D eigenvalue weighted by molar-refractivity contribution is 5.13. The molecule has 18 heavy (non-hydrogen) atoms. The monoisotopic (exact) mass is 249 g/mol. The molecule has 0 aromatic carbocycles. The number of hydrogen-bond acceptors (Lipinski definition) is 3. The molecule has 0 aliphatic carbocycles. The van der Waals surface area contributed by atoms with Crippen molar-refractivity contribution >= 4 is 0 Å². The van der Waals surface area contributed by atoms with Crippen molar-refractivity contribution in [3.63, 3.8) is 0 Å². The Morgan fingerprint density at radius 3 is 2.67 bits per heavy atom. The number of nitrogens with one attached hydrogen (secondary N) is 1. The zero-order valence-electron chi connectivity index (χ0n) is 12.2. The van der Waals surface area contributed by atoms with Crippen LogP contribution in [0.1, 0.15) is 38.4 Å². The van der Waals surface area contributed by atoms with Gasteiger partial charge in [0.1, 0.15) is 0 Å². The molecule has 102 valence electrons. The van der Waals surface area contributed by atoms with Gasteiger partial charge in [-0.1, -0.05) is 26.8 Å². The van der Waals surface area contributed by atoms with Crippen LogP contribution < -0.4 is 5.32 Å². The highest BCUT2D eigenvalue weighted by Crippen LogP contribution is 2.05. The Morgan fingerprint density at radius 1 is 1.33 bits per heavy atom. The molecule has 0 spiro atoms. The molecule has 0 fully saturated rings. The molecule has 1 aromatic heterocycles. The lowest BCUT2D eigenvalue weighted by atomic mass is 10.2. The summed E-state index contributed by atoms with van der Waals surface area (Å²) in [7, 11) is 2.15. The molecule has 0 aliphatic heterocycles. The van der Waals surface area contributed by atoms with E-state index in [9.17, 15) is 0 Å². The average Bonchev–Trinajstić information content (AvgIpc) is 2.30. The van der Waals surface area contributed by atoms with E-state index in [1.165, 1.54) is 12.0 Å². The van der Waals surface area contributed by atoms with Gasteiger partial charge in [0.2, 0.25) is 0 Å². The Morgan fingerprint density at radius 2 is 2.11 bits per heavy atom. The van der Waals surface area contributed by atoms with Gasteiger partial charge in [-0.15, -0.1) is 0 Å². The van der Waals surface area contributed by atoms with Crippen LogP contribution in [-0.4, -0.2) is 30.0 Å². The lowest BCUT2D eigenvalue weighted by molar-refractivity contribution is 0.285. The highest BCUT2D eigenvalue weighted by Gasteiger charge is 2.03. The van der Waals surface area contributed by atoms with E-state index >= 15 is 0 Å². The Labute approximate surface area is 112 Å². The van der Waals surface area contributed by atoms with Gasteiger partial charge in [0, 0.05) is 25.8 Å². The van der Waals surface area contributed by atoms with Crippen LogP contribution in [0.2, 0.25) is 0 Å². The molecule has 0 amide bonds. The minimum Gasteiger partial charge on any atom is -0.313 e. The quantitative estimate of drug-likeness (QED) is 0.718. The fraction of sp³-hybridized carbons (Fsp3) is 0.667. The molecule has 0 saturated heterocycles. The van der Waals surface area contributed by atoms with Crippen molar-refractivity contribution in [1.29, 1.82) is 0 Å². The van der Waals surface area contributed by atoms with Crippen molar-refractivity contribution in [3.8, 4) is 0 Å². The third-order valence-corrected chi connectivity index (χ3v) is 2.75. The van der Waals surface area contributed by atoms with Crippen LogP contribution in [0.15, 0.2) is 18.3 Å². The lowest BCUT2D eigenvalue weighted by Gasteiger charge is -2.18. The largest absolute Gasteiger partial charge is 0.313 e. The first-order valence-electron chi connectivity index (χ1n) is 6.95. The Bertz CT molecular complexity index is 319. The van der Waals surface area contributed by atoms with Crippen LogP contribution in [-0.2, 0) is 13.1 Å². The van der Waals surface area contributed by atoms with Crippen molar-refractivity contribution in [2.45, 2.75) is 40.3 Å². The summed E-state index contributed by atoms with van der Waals surface area (Å²) < 4.78 is 0. The van der Waals surface area contributed by atoms with Gasteiger partial charge in [-0.05, 0) is 37.6 Å². The maximum atomic E-state index is 4.52. The standard InChI is InChI=1S/C15H27N3/c1-5-8-16-9-14-6-7-15(17-10-14)12-18(4)11-13(2)3/h6-7,10,13,16H,5,8-9,11-12H2,1-4H3. The number of aromatic nitrogens is 1. The summed E-state index contributed by atoms with van der Waals surface area (Å²) in [6.07, 6.45) is 3.16. The molecule has 3 nitrogen and oxygen atoms in total. The van der Waals surface area contributed by atoms with Crippen molar-refractivity contribution in [3.05, 3.63) is 29.6 Å².